The first-order valence-electron chi connectivity index (χ1n) is 13.7. The van der Waals surface area contributed by atoms with E-state index < -0.39 is 5.82 Å². The summed E-state index contributed by atoms with van der Waals surface area (Å²) in [6.45, 7) is 5.96. The topological polar surface area (TPSA) is 166 Å². The summed E-state index contributed by atoms with van der Waals surface area (Å²) in [7, 11) is 1.75. The number of carbonyl (C=O) groups excluding carboxylic acids is 2. The first-order chi connectivity index (χ1) is 20.2. The van der Waals surface area contributed by atoms with Crippen molar-refractivity contribution in [1.29, 1.82) is 0 Å². The van der Waals surface area contributed by atoms with Crippen LogP contribution in [0.2, 0.25) is 0 Å². The summed E-state index contributed by atoms with van der Waals surface area (Å²) in [5, 5.41) is 16.2. The Morgan fingerprint density at radius 2 is 2.05 bits per heavy atom. The monoisotopic (exact) mass is 573 g/mol. The Balaban J connectivity index is 1.50. The van der Waals surface area contributed by atoms with Gasteiger partial charge in [-0.2, -0.15) is 14.7 Å². The van der Waals surface area contributed by atoms with Crippen LogP contribution in [0.5, 0.6) is 0 Å². The van der Waals surface area contributed by atoms with Crippen LogP contribution in [-0.4, -0.2) is 73.7 Å². The van der Waals surface area contributed by atoms with Crippen LogP contribution in [0.4, 0.5) is 10.2 Å². The van der Waals surface area contributed by atoms with E-state index in [4.69, 9.17) is 10.7 Å². The van der Waals surface area contributed by atoms with Crippen molar-refractivity contribution in [3.63, 3.8) is 0 Å². The van der Waals surface area contributed by atoms with Crippen LogP contribution in [0.1, 0.15) is 66.7 Å². The molecule has 218 valence electrons. The fraction of sp³-hybridized carbons (Fsp3) is 0.357. The molecule has 0 bridgehead atoms. The van der Waals surface area contributed by atoms with Crippen LogP contribution >= 0.6 is 0 Å². The number of nitrogen functional groups attached to an aromatic ring is 1. The number of nitrogens with zero attached hydrogens (tertiary/aromatic N) is 9. The highest BCUT2D eigenvalue weighted by Gasteiger charge is 2.27. The Bertz CT molecular complexity index is 1740. The maximum absolute atomic E-state index is 15.1. The summed E-state index contributed by atoms with van der Waals surface area (Å²) >= 11 is 0. The number of rotatable bonds is 11. The lowest BCUT2D eigenvalue weighted by Gasteiger charge is -2.30. The van der Waals surface area contributed by atoms with E-state index in [1.54, 1.807) is 28.9 Å². The van der Waals surface area contributed by atoms with Crippen LogP contribution in [-0.2, 0) is 13.5 Å². The van der Waals surface area contributed by atoms with E-state index in [1.165, 1.54) is 36.2 Å². The van der Waals surface area contributed by atoms with E-state index in [0.717, 1.165) is 6.42 Å². The molecule has 42 heavy (non-hydrogen) atoms. The summed E-state index contributed by atoms with van der Waals surface area (Å²) in [6.07, 6.45) is 8.48. The lowest BCUT2D eigenvalue weighted by molar-refractivity contribution is 0.0650. The number of H-pyrrole nitrogens is 1. The minimum atomic E-state index is -0.544. The summed E-state index contributed by atoms with van der Waals surface area (Å²) < 4.78 is 18.1. The molecule has 0 unspecified atom stereocenters. The standard InChI is InChI=1S/C28H32FN11O2/c1-5-10-39(28(42)26-32-15-33-36-26)18(6-2)7-8-21-23(16(3)41)25(30)40-27(35-21)19(14-34-40)17-12-20(29)24(31-13-17)22-9-11-38(4)37-22/h9,11-15,18H,5-8,10,30H2,1-4H3,(H,32,33,36)/t18-/m1/s1. The molecule has 0 aromatic carbocycles. The first-order valence-corrected chi connectivity index (χ1v) is 13.7. The number of amides is 1. The van der Waals surface area contributed by atoms with E-state index in [1.807, 2.05) is 13.8 Å². The number of halogens is 1. The maximum Gasteiger partial charge on any atom is 0.291 e. The fourth-order valence-corrected chi connectivity index (χ4v) is 5.17. The molecule has 5 aromatic heterocycles. The van der Waals surface area contributed by atoms with Crippen LogP contribution < -0.4 is 5.73 Å². The summed E-state index contributed by atoms with van der Waals surface area (Å²) in [5.41, 5.74) is 9.09. The van der Waals surface area contributed by atoms with Gasteiger partial charge in [0.1, 0.15) is 23.5 Å². The third kappa shape index (κ3) is 5.34. The molecule has 5 heterocycles. The number of nitrogens with one attached hydrogen (secondary N) is 1. The average Bonchev–Trinajstić information content (AvgIpc) is 3.74. The number of fused-ring (bicyclic) bond motifs is 1. The normalized spacial score (nSPS) is 12.1. The first kappa shape index (κ1) is 28.5. The van der Waals surface area contributed by atoms with E-state index in [9.17, 15) is 9.59 Å². The van der Waals surface area contributed by atoms with E-state index in [0.29, 0.717) is 54.0 Å². The fourth-order valence-electron chi connectivity index (χ4n) is 5.17. The largest absolute Gasteiger partial charge is 0.383 e. The number of carbonyl (C=O) groups is 2. The molecule has 0 spiro atoms. The van der Waals surface area contributed by atoms with Crippen LogP contribution in [0.25, 0.3) is 28.2 Å². The number of anilines is 1. The van der Waals surface area contributed by atoms with Gasteiger partial charge in [0, 0.05) is 43.2 Å². The smallest absolute Gasteiger partial charge is 0.291 e. The summed E-state index contributed by atoms with van der Waals surface area (Å²) in [6, 6.07) is 2.89. The Hall–Kier alpha value is -5.01. The summed E-state index contributed by atoms with van der Waals surface area (Å²) in [5.74, 6) is -0.718. The molecule has 0 aliphatic heterocycles. The second-order valence-electron chi connectivity index (χ2n) is 10.0. The molecule has 0 radical (unpaired) electrons. The van der Waals surface area contributed by atoms with Gasteiger partial charge in [-0.1, -0.05) is 13.8 Å². The number of aromatic nitrogens is 9. The van der Waals surface area contributed by atoms with Gasteiger partial charge in [0.05, 0.1) is 17.5 Å². The molecule has 13 nitrogen and oxygen atoms in total. The molecule has 5 rings (SSSR count). The van der Waals surface area contributed by atoms with Crippen molar-refractivity contribution in [3.8, 4) is 22.5 Å². The van der Waals surface area contributed by atoms with Crippen molar-refractivity contribution in [3.05, 3.63) is 59.9 Å². The van der Waals surface area contributed by atoms with Gasteiger partial charge in [0.25, 0.3) is 5.91 Å². The minimum absolute atomic E-state index is 0.130. The number of aromatic amines is 1. The minimum Gasteiger partial charge on any atom is -0.383 e. The molecule has 1 amide bonds. The van der Waals surface area contributed by atoms with Gasteiger partial charge in [-0.25, -0.2) is 9.37 Å². The van der Waals surface area contributed by atoms with E-state index in [-0.39, 0.29) is 40.6 Å². The highest BCUT2D eigenvalue weighted by molar-refractivity contribution is 6.00. The lowest BCUT2D eigenvalue weighted by Crippen LogP contribution is -2.41. The molecule has 0 saturated heterocycles. The van der Waals surface area contributed by atoms with Crippen molar-refractivity contribution in [2.75, 3.05) is 12.3 Å². The number of ketones is 1. The zero-order valence-corrected chi connectivity index (χ0v) is 23.9. The lowest BCUT2D eigenvalue weighted by atomic mass is 10.0. The molecule has 3 N–H and O–H groups in total. The molecule has 0 aliphatic carbocycles. The van der Waals surface area contributed by atoms with Gasteiger partial charge in [-0.05, 0) is 44.7 Å². The molecule has 0 saturated carbocycles. The zero-order chi connectivity index (χ0) is 30.0. The van der Waals surface area contributed by atoms with Gasteiger partial charge in [0.15, 0.2) is 17.2 Å². The SMILES string of the molecule is CCCN(C(=O)c1nnc[nH]1)[C@H](CC)CCc1nc2c(-c3cnc(-c4ccn(C)n4)c(F)c3)cnn2c(N)c1C(C)=O. The van der Waals surface area contributed by atoms with Gasteiger partial charge >= 0.3 is 0 Å². The van der Waals surface area contributed by atoms with E-state index in [2.05, 4.69) is 30.4 Å². The second kappa shape index (κ2) is 11.8. The zero-order valence-electron chi connectivity index (χ0n) is 23.9. The van der Waals surface area contributed by atoms with Gasteiger partial charge in [-0.3, -0.25) is 19.3 Å². The van der Waals surface area contributed by atoms with Crippen molar-refractivity contribution in [2.24, 2.45) is 7.05 Å². The van der Waals surface area contributed by atoms with Crippen LogP contribution in [0.3, 0.4) is 0 Å². The maximum atomic E-state index is 15.1. The predicted octanol–water partition coefficient (Wildman–Crippen LogP) is 3.50. The highest BCUT2D eigenvalue weighted by atomic mass is 19.1. The van der Waals surface area contributed by atoms with Gasteiger partial charge in [-0.15, -0.1) is 10.2 Å². The van der Waals surface area contributed by atoms with Gasteiger partial charge in [0.2, 0.25) is 5.82 Å². The molecule has 14 heteroatoms. The molecular formula is C28H32FN11O2. The highest BCUT2D eigenvalue weighted by Crippen LogP contribution is 2.30. The number of aryl methyl sites for hydroxylation is 2. The number of Topliss-reactive ketones (excluding diaryl/α,β-unsaturated/α-hetero) is 1. The Kier molecular flexibility index (Phi) is 8.04. The van der Waals surface area contributed by atoms with Crippen molar-refractivity contribution < 1.29 is 14.0 Å². The Morgan fingerprint density at radius 1 is 1.24 bits per heavy atom. The number of hydrogen-bond acceptors (Lipinski definition) is 9. The molecule has 0 fully saturated rings. The number of pyridine rings is 1. The number of nitrogens with two attached hydrogens (primary N) is 1. The predicted molar refractivity (Wildman–Crippen MR) is 153 cm³/mol. The van der Waals surface area contributed by atoms with Gasteiger partial charge < -0.3 is 15.6 Å². The van der Waals surface area contributed by atoms with Crippen molar-refractivity contribution in [2.45, 2.75) is 52.5 Å². The summed E-state index contributed by atoms with van der Waals surface area (Å²) in [4.78, 5) is 39.6. The van der Waals surface area contributed by atoms with Crippen molar-refractivity contribution in [1.82, 2.24) is 49.4 Å². The second-order valence-corrected chi connectivity index (χ2v) is 10.0. The quantitative estimate of drug-likeness (QED) is 0.225. The molecular weight excluding hydrogens is 541 g/mol. The van der Waals surface area contributed by atoms with Crippen LogP contribution in [0.15, 0.2) is 37.1 Å². The number of hydrogen-bond donors (Lipinski definition) is 2. The van der Waals surface area contributed by atoms with E-state index >= 15 is 4.39 Å². The third-order valence-electron chi connectivity index (χ3n) is 7.19. The molecule has 0 aliphatic rings. The van der Waals surface area contributed by atoms with Crippen LogP contribution in [0, 0.1) is 5.82 Å². The molecule has 5 aromatic rings. The Morgan fingerprint density at radius 3 is 2.67 bits per heavy atom. The molecule has 1 atom stereocenters. The third-order valence-corrected chi connectivity index (χ3v) is 7.19. The Labute approximate surface area is 241 Å². The average molecular weight is 574 g/mol. The van der Waals surface area contributed by atoms with Crippen molar-refractivity contribution >= 4 is 23.2 Å².